The van der Waals surface area contributed by atoms with Crippen LogP contribution in [0, 0.1) is 5.41 Å². The van der Waals surface area contributed by atoms with Crippen molar-refractivity contribution >= 4 is 29.9 Å². The number of halogens is 1. The molecule has 0 aromatic carbocycles. The first-order valence-corrected chi connectivity index (χ1v) is 10.9. The van der Waals surface area contributed by atoms with Crippen molar-refractivity contribution in [1.82, 2.24) is 10.2 Å². The molecule has 3 fully saturated rings. The van der Waals surface area contributed by atoms with E-state index in [-0.39, 0.29) is 24.0 Å². The summed E-state index contributed by atoms with van der Waals surface area (Å²) in [5.41, 5.74) is 0.419. The number of likely N-dealkylation sites (tertiary alicyclic amines) is 1. The SMILES string of the molecule is CCNC(=NCC1(C)CCCC1)N1CCC(OCC2CCCCO2)CC1.I. The first-order chi connectivity index (χ1) is 12.7. The number of nitrogens with zero attached hydrogens (tertiary/aromatic N) is 2. The Labute approximate surface area is 183 Å². The number of hydrogen-bond donors (Lipinski definition) is 1. The monoisotopic (exact) mass is 493 g/mol. The first kappa shape index (κ1) is 23.2. The first-order valence-electron chi connectivity index (χ1n) is 10.9. The number of nitrogens with one attached hydrogen (secondary N) is 1. The van der Waals surface area contributed by atoms with Gasteiger partial charge in [-0.3, -0.25) is 4.99 Å². The largest absolute Gasteiger partial charge is 0.376 e. The van der Waals surface area contributed by atoms with E-state index in [1.54, 1.807) is 0 Å². The molecule has 1 N–H and O–H groups in total. The van der Waals surface area contributed by atoms with Crippen molar-refractivity contribution < 1.29 is 9.47 Å². The highest BCUT2D eigenvalue weighted by molar-refractivity contribution is 14.0. The molecule has 3 rings (SSSR count). The fourth-order valence-corrected chi connectivity index (χ4v) is 4.49. The summed E-state index contributed by atoms with van der Waals surface area (Å²) in [4.78, 5) is 7.44. The number of ether oxygens (including phenoxy) is 2. The molecule has 1 saturated carbocycles. The predicted molar refractivity (Wildman–Crippen MR) is 122 cm³/mol. The van der Waals surface area contributed by atoms with Crippen molar-refractivity contribution in [1.29, 1.82) is 0 Å². The Bertz CT molecular complexity index is 441. The molecular formula is C21H40IN3O2. The number of piperidine rings is 1. The number of rotatable bonds is 6. The van der Waals surface area contributed by atoms with Gasteiger partial charge in [-0.1, -0.05) is 19.8 Å². The molecule has 1 aliphatic carbocycles. The second-order valence-corrected chi connectivity index (χ2v) is 8.70. The van der Waals surface area contributed by atoms with Gasteiger partial charge in [0.2, 0.25) is 0 Å². The maximum Gasteiger partial charge on any atom is 0.193 e. The molecule has 2 aliphatic heterocycles. The van der Waals surface area contributed by atoms with Crippen molar-refractivity contribution in [2.75, 3.05) is 39.4 Å². The van der Waals surface area contributed by atoms with Gasteiger partial charge in [-0.25, -0.2) is 0 Å². The molecule has 5 nitrogen and oxygen atoms in total. The third-order valence-corrected chi connectivity index (χ3v) is 6.29. The summed E-state index contributed by atoms with van der Waals surface area (Å²) in [5.74, 6) is 1.11. The number of guanidine groups is 1. The second kappa shape index (κ2) is 11.8. The topological polar surface area (TPSA) is 46.1 Å². The summed E-state index contributed by atoms with van der Waals surface area (Å²) in [7, 11) is 0. The highest BCUT2D eigenvalue weighted by Crippen LogP contribution is 2.37. The smallest absolute Gasteiger partial charge is 0.193 e. The summed E-state index contributed by atoms with van der Waals surface area (Å²) in [6.07, 6.45) is 11.9. The maximum atomic E-state index is 6.16. The number of hydrogen-bond acceptors (Lipinski definition) is 3. The zero-order valence-corrected chi connectivity index (χ0v) is 19.7. The van der Waals surface area contributed by atoms with Crippen molar-refractivity contribution in [3.63, 3.8) is 0 Å². The Morgan fingerprint density at radius 2 is 1.89 bits per heavy atom. The quantitative estimate of drug-likeness (QED) is 0.342. The van der Waals surface area contributed by atoms with E-state index in [0.717, 1.165) is 64.6 Å². The number of aliphatic imine (C=N–C) groups is 1. The molecule has 0 aromatic heterocycles. The van der Waals surface area contributed by atoms with Crippen molar-refractivity contribution in [2.24, 2.45) is 10.4 Å². The Balaban J connectivity index is 0.00000261. The molecule has 1 unspecified atom stereocenters. The van der Waals surface area contributed by atoms with E-state index in [4.69, 9.17) is 14.5 Å². The summed E-state index contributed by atoms with van der Waals surface area (Å²) in [5, 5.41) is 3.51. The zero-order valence-electron chi connectivity index (χ0n) is 17.4. The Morgan fingerprint density at radius 1 is 1.15 bits per heavy atom. The molecule has 0 radical (unpaired) electrons. The Morgan fingerprint density at radius 3 is 2.52 bits per heavy atom. The van der Waals surface area contributed by atoms with E-state index < -0.39 is 0 Å². The molecule has 2 heterocycles. The minimum Gasteiger partial charge on any atom is -0.376 e. The van der Waals surface area contributed by atoms with Gasteiger partial charge in [-0.05, 0) is 57.3 Å². The molecule has 0 amide bonds. The molecule has 0 bridgehead atoms. The predicted octanol–water partition coefficient (Wildman–Crippen LogP) is 4.20. The summed E-state index contributed by atoms with van der Waals surface area (Å²) in [6, 6.07) is 0. The summed E-state index contributed by atoms with van der Waals surface area (Å²) >= 11 is 0. The van der Waals surface area contributed by atoms with Crippen LogP contribution in [0.1, 0.15) is 71.6 Å². The fourth-order valence-electron chi connectivity index (χ4n) is 4.49. The van der Waals surface area contributed by atoms with Gasteiger partial charge in [-0.15, -0.1) is 24.0 Å². The van der Waals surface area contributed by atoms with Gasteiger partial charge in [0.15, 0.2) is 5.96 Å². The van der Waals surface area contributed by atoms with E-state index in [9.17, 15) is 0 Å². The molecule has 1 atom stereocenters. The van der Waals surface area contributed by atoms with Crippen LogP contribution in [0.25, 0.3) is 0 Å². The average molecular weight is 493 g/mol. The van der Waals surface area contributed by atoms with E-state index in [1.807, 2.05) is 0 Å². The minimum atomic E-state index is 0. The second-order valence-electron chi connectivity index (χ2n) is 8.70. The van der Waals surface area contributed by atoms with Crippen molar-refractivity contribution in [3.8, 4) is 0 Å². The molecular weight excluding hydrogens is 453 g/mol. The molecule has 3 aliphatic rings. The lowest BCUT2D eigenvalue weighted by atomic mass is 9.89. The van der Waals surface area contributed by atoms with Crippen LogP contribution >= 0.6 is 24.0 Å². The van der Waals surface area contributed by atoms with Crippen LogP contribution in [-0.2, 0) is 9.47 Å². The minimum absolute atomic E-state index is 0. The third kappa shape index (κ3) is 7.35. The van der Waals surface area contributed by atoms with E-state index >= 15 is 0 Å². The van der Waals surface area contributed by atoms with Crippen LogP contribution in [0.3, 0.4) is 0 Å². The standard InChI is InChI=1S/C21H39N3O2.HI/c1-3-22-20(23-17-21(2)11-5-6-12-21)24-13-9-18(10-14-24)26-16-19-8-4-7-15-25-19;/h18-19H,3-17H2,1-2H3,(H,22,23);1H. The third-order valence-electron chi connectivity index (χ3n) is 6.29. The van der Waals surface area contributed by atoms with Crippen LogP contribution in [0.2, 0.25) is 0 Å². The zero-order chi connectivity index (χ0) is 18.2. The van der Waals surface area contributed by atoms with Gasteiger partial charge >= 0.3 is 0 Å². The normalized spacial score (nSPS) is 26.7. The molecule has 6 heteroatoms. The van der Waals surface area contributed by atoms with Gasteiger partial charge < -0.3 is 19.7 Å². The molecule has 0 spiro atoms. The van der Waals surface area contributed by atoms with Gasteiger partial charge in [0, 0.05) is 32.8 Å². The Hall–Kier alpha value is -0.0800. The van der Waals surface area contributed by atoms with Crippen LogP contribution in [-0.4, -0.2) is 62.5 Å². The van der Waals surface area contributed by atoms with Gasteiger partial charge in [0.25, 0.3) is 0 Å². The van der Waals surface area contributed by atoms with E-state index in [1.165, 1.54) is 38.5 Å². The highest BCUT2D eigenvalue weighted by Gasteiger charge is 2.29. The average Bonchev–Trinajstić information content (AvgIpc) is 3.12. The van der Waals surface area contributed by atoms with Crippen LogP contribution in [0.15, 0.2) is 4.99 Å². The van der Waals surface area contributed by atoms with Gasteiger partial charge in [0.05, 0.1) is 18.8 Å². The van der Waals surface area contributed by atoms with E-state index in [0.29, 0.717) is 17.6 Å². The summed E-state index contributed by atoms with van der Waals surface area (Å²) in [6.45, 7) is 10.2. The molecule has 2 saturated heterocycles. The fraction of sp³-hybridized carbons (Fsp3) is 0.952. The van der Waals surface area contributed by atoms with Crippen molar-refractivity contribution in [2.45, 2.75) is 83.8 Å². The van der Waals surface area contributed by atoms with Gasteiger partial charge in [0.1, 0.15) is 0 Å². The highest BCUT2D eigenvalue weighted by atomic mass is 127. The molecule has 27 heavy (non-hydrogen) atoms. The van der Waals surface area contributed by atoms with Gasteiger partial charge in [-0.2, -0.15) is 0 Å². The molecule has 0 aromatic rings. The molecule has 158 valence electrons. The van der Waals surface area contributed by atoms with Crippen LogP contribution in [0.5, 0.6) is 0 Å². The Kier molecular flexibility index (Phi) is 10.1. The lowest BCUT2D eigenvalue weighted by molar-refractivity contribution is -0.0721. The van der Waals surface area contributed by atoms with Crippen molar-refractivity contribution in [3.05, 3.63) is 0 Å². The summed E-state index contributed by atoms with van der Waals surface area (Å²) < 4.78 is 11.9. The van der Waals surface area contributed by atoms with Crippen LogP contribution < -0.4 is 5.32 Å². The lowest BCUT2D eigenvalue weighted by Crippen LogP contribution is -2.47. The van der Waals surface area contributed by atoms with Crippen LogP contribution in [0.4, 0.5) is 0 Å². The van der Waals surface area contributed by atoms with E-state index in [2.05, 4.69) is 24.1 Å². The maximum absolute atomic E-state index is 6.16. The lowest BCUT2D eigenvalue weighted by Gasteiger charge is -2.35.